The molecule has 2 aliphatic rings. The molecular formula is C18H28IN3. The molecule has 1 aromatic rings. The minimum absolute atomic E-state index is 0. The molecule has 0 saturated heterocycles. The van der Waals surface area contributed by atoms with Crippen molar-refractivity contribution < 1.29 is 0 Å². The highest BCUT2D eigenvalue weighted by Crippen LogP contribution is 2.39. The Morgan fingerprint density at radius 1 is 1.18 bits per heavy atom. The molecule has 1 saturated carbocycles. The first-order valence-electron chi connectivity index (χ1n) is 8.38. The molecule has 1 aliphatic heterocycles. The van der Waals surface area contributed by atoms with E-state index in [0.717, 1.165) is 32.0 Å². The van der Waals surface area contributed by atoms with E-state index in [1.165, 1.54) is 43.2 Å². The molecule has 3 rings (SSSR count). The summed E-state index contributed by atoms with van der Waals surface area (Å²) in [5.41, 5.74) is 3.16. The quantitative estimate of drug-likeness (QED) is 0.741. The summed E-state index contributed by atoms with van der Waals surface area (Å²) in [4.78, 5) is 4.55. The van der Waals surface area contributed by atoms with E-state index in [1.807, 2.05) is 0 Å². The third kappa shape index (κ3) is 4.15. The van der Waals surface area contributed by atoms with Gasteiger partial charge in [-0.3, -0.25) is 4.99 Å². The van der Waals surface area contributed by atoms with Crippen molar-refractivity contribution in [3.8, 4) is 0 Å². The normalized spacial score (nSPS) is 20.3. The fraction of sp³-hybridized carbons (Fsp3) is 0.611. The largest absolute Gasteiger partial charge is 0.356 e. The summed E-state index contributed by atoms with van der Waals surface area (Å²) in [7, 11) is 0. The van der Waals surface area contributed by atoms with Gasteiger partial charge in [0, 0.05) is 25.0 Å². The Morgan fingerprint density at radius 3 is 2.68 bits per heavy atom. The van der Waals surface area contributed by atoms with Gasteiger partial charge in [0.1, 0.15) is 0 Å². The molecule has 22 heavy (non-hydrogen) atoms. The average Bonchev–Trinajstić information content (AvgIpc) is 2.55. The summed E-state index contributed by atoms with van der Waals surface area (Å²) in [6.07, 6.45) is 7.79. The second kappa shape index (κ2) is 8.18. The Kier molecular flexibility index (Phi) is 6.53. The molecule has 122 valence electrons. The van der Waals surface area contributed by atoms with Crippen LogP contribution >= 0.6 is 24.0 Å². The molecule has 0 aromatic heterocycles. The first-order chi connectivity index (χ1) is 10.3. The molecule has 0 unspecified atom stereocenters. The van der Waals surface area contributed by atoms with Crippen molar-refractivity contribution in [3.05, 3.63) is 35.4 Å². The van der Waals surface area contributed by atoms with Crippen LogP contribution in [0.25, 0.3) is 0 Å². The standard InChI is InChI=1S/C18H27N3.HI/c1-15-7-5-8-16(13-15)18(9-3-2-4-10-18)14-21-17-19-11-6-12-20-17;/h5,7-8,13H,2-4,6,9-12,14H2,1H3,(H2,19,20,21);1H. The van der Waals surface area contributed by atoms with Crippen molar-refractivity contribution in [1.82, 2.24) is 10.6 Å². The van der Waals surface area contributed by atoms with Gasteiger partial charge in [0.15, 0.2) is 5.96 Å². The molecule has 1 aliphatic carbocycles. The van der Waals surface area contributed by atoms with Gasteiger partial charge in [0.25, 0.3) is 0 Å². The minimum atomic E-state index is 0. The van der Waals surface area contributed by atoms with Gasteiger partial charge < -0.3 is 10.6 Å². The molecular weight excluding hydrogens is 385 g/mol. The molecule has 3 nitrogen and oxygen atoms in total. The number of aryl methyl sites for hydroxylation is 1. The maximum atomic E-state index is 4.55. The van der Waals surface area contributed by atoms with Crippen LogP contribution in [-0.4, -0.2) is 25.6 Å². The van der Waals surface area contributed by atoms with Crippen LogP contribution in [0.1, 0.15) is 49.7 Å². The Hall–Kier alpha value is -0.780. The van der Waals surface area contributed by atoms with Gasteiger partial charge in [-0.05, 0) is 31.7 Å². The van der Waals surface area contributed by atoms with Crippen molar-refractivity contribution in [2.75, 3.05) is 19.6 Å². The highest BCUT2D eigenvalue weighted by Gasteiger charge is 2.34. The molecule has 0 atom stereocenters. The van der Waals surface area contributed by atoms with E-state index in [1.54, 1.807) is 0 Å². The molecule has 1 fully saturated rings. The number of nitrogens with zero attached hydrogens (tertiary/aromatic N) is 1. The Morgan fingerprint density at radius 2 is 2.00 bits per heavy atom. The predicted molar refractivity (Wildman–Crippen MR) is 104 cm³/mol. The SMILES string of the molecule is Cc1cccc(C2(CNC3=NCCCN3)CCCCC2)c1.I. The van der Waals surface area contributed by atoms with Crippen molar-refractivity contribution in [2.45, 2.75) is 50.9 Å². The summed E-state index contributed by atoms with van der Waals surface area (Å²) in [6.45, 7) is 5.19. The second-order valence-corrected chi connectivity index (χ2v) is 6.57. The lowest BCUT2D eigenvalue weighted by molar-refractivity contribution is 0.291. The highest BCUT2D eigenvalue weighted by molar-refractivity contribution is 14.0. The van der Waals surface area contributed by atoms with Gasteiger partial charge in [-0.1, -0.05) is 49.1 Å². The number of hydrogen-bond acceptors (Lipinski definition) is 3. The maximum Gasteiger partial charge on any atom is 0.191 e. The van der Waals surface area contributed by atoms with Crippen LogP contribution in [0.5, 0.6) is 0 Å². The molecule has 0 radical (unpaired) electrons. The Balaban J connectivity index is 0.00000176. The lowest BCUT2D eigenvalue weighted by atomic mass is 9.69. The highest BCUT2D eigenvalue weighted by atomic mass is 127. The minimum Gasteiger partial charge on any atom is -0.356 e. The van der Waals surface area contributed by atoms with Crippen LogP contribution in [0.2, 0.25) is 0 Å². The van der Waals surface area contributed by atoms with Crippen LogP contribution in [0.15, 0.2) is 29.3 Å². The number of nitrogens with one attached hydrogen (secondary N) is 2. The molecule has 4 heteroatoms. The zero-order chi connectivity index (χ0) is 14.5. The van der Waals surface area contributed by atoms with Crippen LogP contribution in [0.4, 0.5) is 0 Å². The lowest BCUT2D eigenvalue weighted by Gasteiger charge is -2.39. The first kappa shape index (κ1) is 17.6. The van der Waals surface area contributed by atoms with E-state index in [4.69, 9.17) is 0 Å². The third-order valence-corrected chi connectivity index (χ3v) is 4.93. The van der Waals surface area contributed by atoms with Gasteiger partial charge in [-0.15, -0.1) is 24.0 Å². The predicted octanol–water partition coefficient (Wildman–Crippen LogP) is 3.75. The number of hydrogen-bond donors (Lipinski definition) is 2. The van der Waals surface area contributed by atoms with E-state index in [2.05, 4.69) is 46.8 Å². The average molecular weight is 413 g/mol. The van der Waals surface area contributed by atoms with Crippen LogP contribution < -0.4 is 10.6 Å². The van der Waals surface area contributed by atoms with Crippen LogP contribution in [0, 0.1) is 6.92 Å². The fourth-order valence-corrected chi connectivity index (χ4v) is 3.67. The van der Waals surface area contributed by atoms with Crippen molar-refractivity contribution in [3.63, 3.8) is 0 Å². The third-order valence-electron chi connectivity index (χ3n) is 4.93. The Labute approximate surface area is 151 Å². The topological polar surface area (TPSA) is 36.4 Å². The number of guanidine groups is 1. The monoisotopic (exact) mass is 413 g/mol. The number of rotatable bonds is 3. The van der Waals surface area contributed by atoms with E-state index < -0.39 is 0 Å². The second-order valence-electron chi connectivity index (χ2n) is 6.57. The molecule has 0 amide bonds. The molecule has 0 bridgehead atoms. The molecule has 0 spiro atoms. The van der Waals surface area contributed by atoms with E-state index in [-0.39, 0.29) is 29.4 Å². The molecule has 1 heterocycles. The van der Waals surface area contributed by atoms with Gasteiger partial charge in [-0.2, -0.15) is 0 Å². The van der Waals surface area contributed by atoms with Crippen LogP contribution in [-0.2, 0) is 5.41 Å². The molecule has 1 aromatic carbocycles. The smallest absolute Gasteiger partial charge is 0.191 e. The summed E-state index contributed by atoms with van der Waals surface area (Å²) in [6, 6.07) is 9.09. The van der Waals surface area contributed by atoms with Gasteiger partial charge in [0.2, 0.25) is 0 Å². The van der Waals surface area contributed by atoms with Crippen molar-refractivity contribution >= 4 is 29.9 Å². The van der Waals surface area contributed by atoms with Gasteiger partial charge in [0.05, 0.1) is 0 Å². The number of halogens is 1. The zero-order valence-corrected chi connectivity index (χ0v) is 15.9. The summed E-state index contributed by atoms with van der Waals surface area (Å²) in [5.74, 6) is 0.999. The first-order valence-corrected chi connectivity index (χ1v) is 8.38. The van der Waals surface area contributed by atoms with Crippen molar-refractivity contribution in [2.24, 2.45) is 4.99 Å². The van der Waals surface area contributed by atoms with E-state index in [9.17, 15) is 0 Å². The fourth-order valence-electron chi connectivity index (χ4n) is 3.67. The number of benzene rings is 1. The summed E-state index contributed by atoms with van der Waals surface area (Å²) < 4.78 is 0. The summed E-state index contributed by atoms with van der Waals surface area (Å²) in [5, 5.41) is 6.97. The molecule has 2 N–H and O–H groups in total. The maximum absolute atomic E-state index is 4.55. The van der Waals surface area contributed by atoms with Crippen molar-refractivity contribution in [1.29, 1.82) is 0 Å². The van der Waals surface area contributed by atoms with Gasteiger partial charge in [-0.25, -0.2) is 0 Å². The Bertz CT molecular complexity index is 507. The van der Waals surface area contributed by atoms with E-state index in [0.29, 0.717) is 0 Å². The summed E-state index contributed by atoms with van der Waals surface area (Å²) >= 11 is 0. The lowest BCUT2D eigenvalue weighted by Crippen LogP contribution is -2.48. The van der Waals surface area contributed by atoms with E-state index >= 15 is 0 Å². The van der Waals surface area contributed by atoms with Gasteiger partial charge >= 0.3 is 0 Å². The number of aliphatic imine (C=N–C) groups is 1. The van der Waals surface area contributed by atoms with Crippen LogP contribution in [0.3, 0.4) is 0 Å². The zero-order valence-electron chi connectivity index (χ0n) is 13.5.